The first-order valence-electron chi connectivity index (χ1n) is 11.4. The molecule has 1 aromatic carbocycles. The van der Waals surface area contributed by atoms with Crippen LogP contribution in [0.4, 0.5) is 0 Å². The van der Waals surface area contributed by atoms with Gasteiger partial charge in [-0.1, -0.05) is 30.3 Å². The summed E-state index contributed by atoms with van der Waals surface area (Å²) in [6.45, 7) is 6.04. The molecule has 2 heterocycles. The van der Waals surface area contributed by atoms with E-state index in [1.165, 1.54) is 20.0 Å². The van der Waals surface area contributed by atoms with Crippen LogP contribution in [-0.4, -0.2) is 56.5 Å². The van der Waals surface area contributed by atoms with E-state index in [0.29, 0.717) is 5.56 Å². The average molecular weight is 544 g/mol. The number of hydrogen-bond acceptors (Lipinski definition) is 8. The van der Waals surface area contributed by atoms with E-state index in [9.17, 15) is 24.1 Å². The molecule has 0 amide bonds. The molecular formula is C23H31ClN3O8P. The van der Waals surface area contributed by atoms with Crippen molar-refractivity contribution in [2.45, 2.75) is 69.3 Å². The molecule has 198 valence electrons. The number of ether oxygens (including phenoxy) is 2. The first-order chi connectivity index (χ1) is 16.8. The van der Waals surface area contributed by atoms with Gasteiger partial charge in [0.05, 0.1) is 18.9 Å². The van der Waals surface area contributed by atoms with E-state index < -0.39 is 54.1 Å². The van der Waals surface area contributed by atoms with Crippen molar-refractivity contribution in [3.05, 3.63) is 69.0 Å². The first kappa shape index (κ1) is 28.3. The molecule has 1 aliphatic rings. The zero-order valence-electron chi connectivity index (χ0n) is 20.4. The Hall–Kier alpha value is -2.27. The number of esters is 1. The molecule has 6 atom stereocenters. The highest BCUT2D eigenvalue weighted by Crippen LogP contribution is 2.49. The molecule has 1 aliphatic heterocycles. The summed E-state index contributed by atoms with van der Waals surface area (Å²) in [4.78, 5) is 36.7. The highest BCUT2D eigenvalue weighted by Gasteiger charge is 2.54. The van der Waals surface area contributed by atoms with Crippen molar-refractivity contribution in [2.24, 2.45) is 0 Å². The largest absolute Gasteiger partial charge is 0.462 e. The third-order valence-corrected chi connectivity index (χ3v) is 8.14. The molecule has 2 aromatic rings. The standard InChI is InChI=1S/C23H31ClN3O8P/c1-14(2)34-20(30)15(3)26-36(32,13-16-8-6-5-7-9-16)33-12-17-19(29)23(4,24)21(35-17)27-11-10-18(28)25-22(27)31/h5-11,14-15,17,19,21,29H,12-13H2,1-4H3,(H,26,32)(H,25,28,31)/t15-,17-,19-,21-,23-,36?/m1/s1. The van der Waals surface area contributed by atoms with Gasteiger partial charge in [-0.2, -0.15) is 0 Å². The SMILES string of the molecule is CC(C)OC(=O)[C@@H](C)NP(=O)(Cc1ccccc1)OC[C@H]1O[C@@H](n2ccc(=O)[nH]c2=O)[C@](C)(Cl)[C@@H]1O. The van der Waals surface area contributed by atoms with Gasteiger partial charge in [0.15, 0.2) is 6.23 Å². The molecule has 0 bridgehead atoms. The number of aromatic nitrogens is 2. The highest BCUT2D eigenvalue weighted by molar-refractivity contribution is 7.56. The fourth-order valence-electron chi connectivity index (χ4n) is 3.79. The number of carbonyl (C=O) groups excluding carboxylic acids is 1. The predicted molar refractivity (Wildman–Crippen MR) is 133 cm³/mol. The quantitative estimate of drug-likeness (QED) is 0.233. The number of halogens is 1. The second-order valence-electron chi connectivity index (χ2n) is 9.09. The van der Waals surface area contributed by atoms with E-state index in [4.69, 9.17) is 25.6 Å². The lowest BCUT2D eigenvalue weighted by molar-refractivity contribution is -0.149. The molecule has 0 saturated carbocycles. The Balaban J connectivity index is 1.80. The van der Waals surface area contributed by atoms with Crippen molar-refractivity contribution < 1.29 is 28.5 Å². The van der Waals surface area contributed by atoms with E-state index in [-0.39, 0.29) is 18.9 Å². The number of nitrogens with one attached hydrogen (secondary N) is 2. The van der Waals surface area contributed by atoms with E-state index >= 15 is 0 Å². The number of aromatic amines is 1. The number of benzene rings is 1. The van der Waals surface area contributed by atoms with Crippen LogP contribution in [0, 0.1) is 0 Å². The number of rotatable bonds is 10. The molecule has 11 nitrogen and oxygen atoms in total. The van der Waals surface area contributed by atoms with E-state index in [0.717, 1.165) is 10.6 Å². The Morgan fingerprint density at radius 1 is 1.28 bits per heavy atom. The summed E-state index contributed by atoms with van der Waals surface area (Å²) in [6.07, 6.45) is -2.72. The normalized spacial score (nSPS) is 26.5. The lowest BCUT2D eigenvalue weighted by Gasteiger charge is -2.27. The van der Waals surface area contributed by atoms with Crippen molar-refractivity contribution in [1.82, 2.24) is 14.6 Å². The molecule has 0 aliphatic carbocycles. The van der Waals surface area contributed by atoms with Crippen LogP contribution in [0.3, 0.4) is 0 Å². The molecular weight excluding hydrogens is 513 g/mol. The molecule has 3 N–H and O–H groups in total. The van der Waals surface area contributed by atoms with Crippen molar-refractivity contribution in [2.75, 3.05) is 6.61 Å². The fraction of sp³-hybridized carbons (Fsp3) is 0.522. The van der Waals surface area contributed by atoms with Crippen molar-refractivity contribution in [3.63, 3.8) is 0 Å². The van der Waals surface area contributed by atoms with Crippen LogP contribution in [0.2, 0.25) is 0 Å². The van der Waals surface area contributed by atoms with Crippen LogP contribution in [0.5, 0.6) is 0 Å². The van der Waals surface area contributed by atoms with Crippen LogP contribution >= 0.6 is 19.1 Å². The van der Waals surface area contributed by atoms with Gasteiger partial charge in [-0.05, 0) is 33.3 Å². The van der Waals surface area contributed by atoms with Gasteiger partial charge in [0, 0.05) is 12.3 Å². The highest BCUT2D eigenvalue weighted by atomic mass is 35.5. The Bertz CT molecular complexity index is 1220. The Morgan fingerprint density at radius 3 is 2.56 bits per heavy atom. The maximum absolute atomic E-state index is 13.8. The molecule has 36 heavy (non-hydrogen) atoms. The third kappa shape index (κ3) is 6.73. The van der Waals surface area contributed by atoms with Crippen molar-refractivity contribution in [1.29, 1.82) is 0 Å². The Labute approximate surface area is 213 Å². The molecule has 13 heteroatoms. The van der Waals surface area contributed by atoms with E-state index in [1.54, 1.807) is 38.1 Å². The maximum Gasteiger partial charge on any atom is 0.330 e. The molecule has 3 rings (SSSR count). The molecule has 1 aromatic heterocycles. The molecule has 1 fully saturated rings. The van der Waals surface area contributed by atoms with Gasteiger partial charge in [-0.3, -0.25) is 23.7 Å². The summed E-state index contributed by atoms with van der Waals surface area (Å²) >= 11 is 6.55. The number of alkyl halides is 1. The fourth-order valence-corrected chi connectivity index (χ4v) is 6.12. The van der Waals surface area contributed by atoms with E-state index in [1.807, 2.05) is 6.07 Å². The minimum atomic E-state index is -3.72. The monoisotopic (exact) mass is 543 g/mol. The third-order valence-electron chi connectivity index (χ3n) is 5.60. The lowest BCUT2D eigenvalue weighted by atomic mass is 10.0. The van der Waals surface area contributed by atoms with E-state index in [2.05, 4.69) is 10.1 Å². The van der Waals surface area contributed by atoms with Gasteiger partial charge >= 0.3 is 11.7 Å². The van der Waals surface area contributed by atoms with Gasteiger partial charge in [-0.15, -0.1) is 11.6 Å². The maximum atomic E-state index is 13.8. The second kappa shape index (κ2) is 11.4. The van der Waals surface area contributed by atoms with Crippen LogP contribution in [0.25, 0.3) is 0 Å². The van der Waals surface area contributed by atoms with Crippen LogP contribution < -0.4 is 16.3 Å². The molecule has 0 spiro atoms. The number of aliphatic hydroxyl groups is 1. The van der Waals surface area contributed by atoms with Crippen molar-refractivity contribution in [3.8, 4) is 0 Å². The summed E-state index contributed by atoms with van der Waals surface area (Å²) in [5.41, 5.74) is -0.656. The number of hydrogen-bond donors (Lipinski definition) is 3. The number of carbonyl (C=O) groups is 1. The number of H-pyrrole nitrogens is 1. The van der Waals surface area contributed by atoms with Gasteiger partial charge in [-0.25, -0.2) is 9.88 Å². The van der Waals surface area contributed by atoms with Crippen molar-refractivity contribution >= 4 is 25.1 Å². The van der Waals surface area contributed by atoms with Gasteiger partial charge in [0.2, 0.25) is 0 Å². The Morgan fingerprint density at radius 2 is 1.94 bits per heavy atom. The second-order valence-corrected chi connectivity index (χ2v) is 12.1. The molecule has 1 unspecified atom stereocenters. The summed E-state index contributed by atoms with van der Waals surface area (Å²) in [5.74, 6) is -0.593. The smallest absolute Gasteiger partial charge is 0.330 e. The first-order valence-corrected chi connectivity index (χ1v) is 13.6. The number of aliphatic hydroxyl groups excluding tert-OH is 1. The average Bonchev–Trinajstić information content (AvgIpc) is 3.01. The van der Waals surface area contributed by atoms with Crippen LogP contribution in [-0.2, 0) is 29.5 Å². The van der Waals surface area contributed by atoms with Gasteiger partial charge in [0.1, 0.15) is 23.1 Å². The summed E-state index contributed by atoms with van der Waals surface area (Å²) in [5, 5.41) is 13.6. The minimum Gasteiger partial charge on any atom is -0.462 e. The summed E-state index contributed by atoms with van der Waals surface area (Å²) in [7, 11) is -3.72. The van der Waals surface area contributed by atoms with Crippen LogP contribution in [0.15, 0.2) is 52.2 Å². The minimum absolute atomic E-state index is 0.0447. The summed E-state index contributed by atoms with van der Waals surface area (Å²) in [6, 6.07) is 9.10. The molecule has 0 radical (unpaired) electrons. The van der Waals surface area contributed by atoms with Crippen LogP contribution in [0.1, 0.15) is 39.5 Å². The zero-order valence-corrected chi connectivity index (χ0v) is 22.1. The lowest BCUT2D eigenvalue weighted by Crippen LogP contribution is -2.43. The summed E-state index contributed by atoms with van der Waals surface area (Å²) < 4.78 is 31.7. The van der Waals surface area contributed by atoms with Gasteiger partial charge < -0.3 is 19.1 Å². The van der Waals surface area contributed by atoms with Gasteiger partial charge in [0.25, 0.3) is 13.1 Å². The molecule has 1 saturated heterocycles. The number of nitrogens with zero attached hydrogens (tertiary/aromatic N) is 1. The zero-order chi connectivity index (χ0) is 26.7. The predicted octanol–water partition coefficient (Wildman–Crippen LogP) is 2.13. The Kier molecular flexibility index (Phi) is 8.97. The topological polar surface area (TPSA) is 149 Å².